The first-order valence-corrected chi connectivity index (χ1v) is 9.78. The van der Waals surface area contributed by atoms with Crippen molar-refractivity contribution in [2.24, 2.45) is 5.92 Å². The van der Waals surface area contributed by atoms with Crippen LogP contribution in [0.5, 0.6) is 0 Å². The Hall–Kier alpha value is -1.40. The topological polar surface area (TPSA) is 61.6 Å². The molecule has 1 aliphatic carbocycles. The molecule has 6 nitrogen and oxygen atoms in total. The van der Waals surface area contributed by atoms with E-state index in [1.54, 1.807) is 0 Å². The number of piperazine rings is 1. The van der Waals surface area contributed by atoms with Gasteiger partial charge in [-0.2, -0.15) is 0 Å². The molecule has 1 N–H and O–H groups in total. The average Bonchev–Trinajstić information content (AvgIpc) is 3.05. The quantitative estimate of drug-likeness (QED) is 0.854. The summed E-state index contributed by atoms with van der Waals surface area (Å²) in [6.45, 7) is 9.42. The highest BCUT2D eigenvalue weighted by molar-refractivity contribution is 5.81. The van der Waals surface area contributed by atoms with Gasteiger partial charge < -0.3 is 9.84 Å². The van der Waals surface area contributed by atoms with Crippen LogP contribution in [0.2, 0.25) is 0 Å². The number of amides is 1. The summed E-state index contributed by atoms with van der Waals surface area (Å²) >= 11 is 0. The van der Waals surface area contributed by atoms with Gasteiger partial charge in [-0.1, -0.05) is 24.4 Å². The van der Waals surface area contributed by atoms with Crippen molar-refractivity contribution in [1.82, 2.24) is 20.3 Å². The standard InChI is InChI=1S/C19H32N4O2/c1-15-12-18(21-25-15)14-22-8-10-23(11-9-22)16(2)19(24)20-13-17-6-4-3-5-7-17/h12,16-17H,3-11,13-14H2,1-2H3,(H,20,24). The smallest absolute Gasteiger partial charge is 0.237 e. The fourth-order valence-corrected chi connectivity index (χ4v) is 3.98. The van der Waals surface area contributed by atoms with E-state index in [-0.39, 0.29) is 11.9 Å². The number of aryl methyl sites for hydroxylation is 1. The van der Waals surface area contributed by atoms with Gasteiger partial charge in [0.25, 0.3) is 0 Å². The van der Waals surface area contributed by atoms with E-state index in [0.29, 0.717) is 5.92 Å². The van der Waals surface area contributed by atoms with Crippen LogP contribution >= 0.6 is 0 Å². The zero-order chi connectivity index (χ0) is 17.6. The van der Waals surface area contributed by atoms with Gasteiger partial charge in [-0.05, 0) is 32.6 Å². The zero-order valence-electron chi connectivity index (χ0n) is 15.7. The highest BCUT2D eigenvalue weighted by Crippen LogP contribution is 2.22. The van der Waals surface area contributed by atoms with Crippen LogP contribution in [0.4, 0.5) is 0 Å². The second kappa shape index (κ2) is 8.81. The number of nitrogens with zero attached hydrogens (tertiary/aromatic N) is 3. The molecule has 1 saturated heterocycles. The third kappa shape index (κ3) is 5.28. The molecule has 1 aromatic heterocycles. The van der Waals surface area contributed by atoms with Crippen molar-refractivity contribution in [3.8, 4) is 0 Å². The van der Waals surface area contributed by atoms with E-state index < -0.39 is 0 Å². The van der Waals surface area contributed by atoms with Crippen LogP contribution in [0.15, 0.2) is 10.6 Å². The number of nitrogens with one attached hydrogen (secondary N) is 1. The van der Waals surface area contributed by atoms with Gasteiger partial charge in [0.05, 0.1) is 11.7 Å². The number of carbonyl (C=O) groups excluding carboxylic acids is 1. The molecule has 2 aliphatic rings. The second-order valence-electron chi connectivity index (χ2n) is 7.67. The van der Waals surface area contributed by atoms with Gasteiger partial charge in [0, 0.05) is 45.3 Å². The maximum absolute atomic E-state index is 12.5. The van der Waals surface area contributed by atoms with Crippen molar-refractivity contribution in [3.05, 3.63) is 17.5 Å². The molecule has 0 spiro atoms. The van der Waals surface area contributed by atoms with Gasteiger partial charge in [0.2, 0.25) is 5.91 Å². The van der Waals surface area contributed by atoms with Crippen molar-refractivity contribution in [2.75, 3.05) is 32.7 Å². The highest BCUT2D eigenvalue weighted by Gasteiger charge is 2.26. The first kappa shape index (κ1) is 18.4. The number of aromatic nitrogens is 1. The molecule has 0 aromatic carbocycles. The summed E-state index contributed by atoms with van der Waals surface area (Å²) in [6, 6.07) is 1.95. The van der Waals surface area contributed by atoms with E-state index >= 15 is 0 Å². The maximum atomic E-state index is 12.5. The molecule has 1 amide bonds. The van der Waals surface area contributed by atoms with E-state index in [1.165, 1.54) is 32.1 Å². The summed E-state index contributed by atoms with van der Waals surface area (Å²) in [5, 5.41) is 7.25. The highest BCUT2D eigenvalue weighted by atomic mass is 16.5. The lowest BCUT2D eigenvalue weighted by atomic mass is 9.89. The zero-order valence-corrected chi connectivity index (χ0v) is 15.7. The Morgan fingerprint density at radius 3 is 2.64 bits per heavy atom. The van der Waals surface area contributed by atoms with Crippen LogP contribution in [-0.4, -0.2) is 59.6 Å². The van der Waals surface area contributed by atoms with Gasteiger partial charge in [0.1, 0.15) is 5.76 Å². The summed E-state index contributed by atoms with van der Waals surface area (Å²) in [6.07, 6.45) is 6.55. The molecule has 3 rings (SSSR count). The van der Waals surface area contributed by atoms with Crippen LogP contribution in [0.3, 0.4) is 0 Å². The normalized spacial score (nSPS) is 22.0. The Bertz CT molecular complexity index is 545. The van der Waals surface area contributed by atoms with Gasteiger partial charge in [-0.3, -0.25) is 14.6 Å². The largest absolute Gasteiger partial charge is 0.361 e. The van der Waals surface area contributed by atoms with Gasteiger partial charge in [-0.15, -0.1) is 0 Å². The summed E-state index contributed by atoms with van der Waals surface area (Å²) in [5.74, 6) is 1.73. The SMILES string of the molecule is Cc1cc(CN2CCN(C(C)C(=O)NCC3CCCCC3)CC2)no1. The van der Waals surface area contributed by atoms with Crippen molar-refractivity contribution in [1.29, 1.82) is 0 Å². The van der Waals surface area contributed by atoms with Gasteiger partial charge >= 0.3 is 0 Å². The monoisotopic (exact) mass is 348 g/mol. The van der Waals surface area contributed by atoms with E-state index in [1.807, 2.05) is 19.9 Å². The predicted octanol–water partition coefficient (Wildman–Crippen LogP) is 2.19. The Kier molecular flexibility index (Phi) is 6.48. The Labute approximate surface area is 150 Å². The minimum Gasteiger partial charge on any atom is -0.361 e. The Morgan fingerprint density at radius 2 is 2.00 bits per heavy atom. The summed E-state index contributed by atoms with van der Waals surface area (Å²) in [4.78, 5) is 17.1. The van der Waals surface area contributed by atoms with E-state index in [0.717, 1.165) is 50.7 Å². The molecule has 140 valence electrons. The first-order chi connectivity index (χ1) is 12.1. The number of hydrogen-bond acceptors (Lipinski definition) is 5. The summed E-state index contributed by atoms with van der Waals surface area (Å²) in [5.41, 5.74) is 0.990. The molecule has 2 fully saturated rings. The van der Waals surface area contributed by atoms with E-state index in [2.05, 4.69) is 20.3 Å². The molecule has 2 heterocycles. The molecule has 1 unspecified atom stereocenters. The number of rotatable bonds is 6. The van der Waals surface area contributed by atoms with Crippen LogP contribution in [0, 0.1) is 12.8 Å². The lowest BCUT2D eigenvalue weighted by Gasteiger charge is -2.37. The molecule has 1 saturated carbocycles. The third-order valence-corrected chi connectivity index (χ3v) is 5.69. The fourth-order valence-electron chi connectivity index (χ4n) is 3.98. The maximum Gasteiger partial charge on any atom is 0.237 e. The minimum atomic E-state index is -0.0416. The van der Waals surface area contributed by atoms with Crippen LogP contribution in [0.25, 0.3) is 0 Å². The molecule has 1 aromatic rings. The Balaban J connectivity index is 1.38. The molecular formula is C19H32N4O2. The molecule has 1 aliphatic heterocycles. The van der Waals surface area contributed by atoms with Crippen LogP contribution in [-0.2, 0) is 11.3 Å². The molecule has 6 heteroatoms. The predicted molar refractivity (Wildman–Crippen MR) is 97.1 cm³/mol. The number of carbonyl (C=O) groups is 1. The lowest BCUT2D eigenvalue weighted by Crippen LogP contribution is -2.54. The molecule has 25 heavy (non-hydrogen) atoms. The number of hydrogen-bond donors (Lipinski definition) is 1. The van der Waals surface area contributed by atoms with Crippen molar-refractivity contribution in [2.45, 2.75) is 58.5 Å². The molecule has 1 atom stereocenters. The van der Waals surface area contributed by atoms with Gasteiger partial charge in [-0.25, -0.2) is 0 Å². The molecule has 0 bridgehead atoms. The van der Waals surface area contributed by atoms with Crippen LogP contribution in [0.1, 0.15) is 50.5 Å². The van der Waals surface area contributed by atoms with Crippen molar-refractivity contribution >= 4 is 5.91 Å². The van der Waals surface area contributed by atoms with Crippen molar-refractivity contribution in [3.63, 3.8) is 0 Å². The Morgan fingerprint density at radius 1 is 1.28 bits per heavy atom. The van der Waals surface area contributed by atoms with E-state index in [4.69, 9.17) is 4.52 Å². The fraction of sp³-hybridized carbons (Fsp3) is 0.789. The average molecular weight is 348 g/mol. The minimum absolute atomic E-state index is 0.0416. The van der Waals surface area contributed by atoms with E-state index in [9.17, 15) is 4.79 Å². The molecular weight excluding hydrogens is 316 g/mol. The summed E-state index contributed by atoms with van der Waals surface area (Å²) in [7, 11) is 0. The first-order valence-electron chi connectivity index (χ1n) is 9.78. The lowest BCUT2D eigenvalue weighted by molar-refractivity contribution is -0.126. The molecule has 0 radical (unpaired) electrons. The van der Waals surface area contributed by atoms with Gasteiger partial charge in [0.15, 0.2) is 0 Å². The third-order valence-electron chi connectivity index (χ3n) is 5.69. The second-order valence-corrected chi connectivity index (χ2v) is 7.67. The van der Waals surface area contributed by atoms with Crippen molar-refractivity contribution < 1.29 is 9.32 Å². The van der Waals surface area contributed by atoms with Crippen LogP contribution < -0.4 is 5.32 Å². The summed E-state index contributed by atoms with van der Waals surface area (Å²) < 4.78 is 5.13.